The van der Waals surface area contributed by atoms with Gasteiger partial charge in [-0.15, -0.1) is 0 Å². The normalized spacial score (nSPS) is 23.3. The van der Waals surface area contributed by atoms with E-state index in [0.29, 0.717) is 35.4 Å². The summed E-state index contributed by atoms with van der Waals surface area (Å²) in [5.74, 6) is -1.18. The smallest absolute Gasteiger partial charge is 0.379 e. The Kier molecular flexibility index (Phi) is 6.59. The minimum atomic E-state index is -4.43. The Hall–Kier alpha value is -3.93. The number of benzene rings is 2. The number of carbonyl (C=O) groups is 4. The molecule has 5 rings (SSSR count). The topological polar surface area (TPSA) is 117 Å². The number of fused-ring (bicyclic) bond motifs is 1. The Bertz CT molecular complexity index is 1290. The van der Waals surface area contributed by atoms with Crippen molar-refractivity contribution in [2.75, 3.05) is 18.5 Å². The van der Waals surface area contributed by atoms with Gasteiger partial charge in [-0.05, 0) is 60.7 Å². The van der Waals surface area contributed by atoms with Gasteiger partial charge in [0.1, 0.15) is 6.04 Å². The van der Waals surface area contributed by atoms with E-state index in [1.165, 1.54) is 17.0 Å². The van der Waals surface area contributed by atoms with E-state index in [4.69, 9.17) is 4.74 Å². The largest absolute Gasteiger partial charge is 0.416 e. The molecular weight excluding hydrogens is 505 g/mol. The summed E-state index contributed by atoms with van der Waals surface area (Å²) in [6, 6.07) is 8.39. The van der Waals surface area contributed by atoms with Crippen LogP contribution in [0.25, 0.3) is 0 Å². The first-order valence-electron chi connectivity index (χ1n) is 12.1. The number of rotatable bonds is 5. The molecule has 2 aromatic carbocycles. The van der Waals surface area contributed by atoms with Crippen molar-refractivity contribution in [2.45, 2.75) is 50.0 Å². The quantitative estimate of drug-likeness (QED) is 0.514. The number of hydrogen-bond acceptors (Lipinski definition) is 5. The maximum absolute atomic E-state index is 12.9. The Morgan fingerprint density at radius 3 is 2.55 bits per heavy atom. The molecule has 0 bridgehead atoms. The molecule has 3 aliphatic rings. The molecule has 2 unspecified atom stereocenters. The monoisotopic (exact) mass is 530 g/mol. The fourth-order valence-electron chi connectivity index (χ4n) is 5.15. The zero-order valence-corrected chi connectivity index (χ0v) is 20.2. The first-order chi connectivity index (χ1) is 18.0. The van der Waals surface area contributed by atoms with Crippen molar-refractivity contribution in [3.8, 4) is 0 Å². The van der Waals surface area contributed by atoms with E-state index in [9.17, 15) is 32.3 Å². The highest BCUT2D eigenvalue weighted by Crippen LogP contribution is 2.32. The summed E-state index contributed by atoms with van der Waals surface area (Å²) < 4.78 is 44.2. The molecule has 2 fully saturated rings. The number of nitrogens with one attached hydrogen (secondary N) is 3. The lowest BCUT2D eigenvalue weighted by Crippen LogP contribution is -2.52. The van der Waals surface area contributed by atoms with E-state index in [0.717, 1.165) is 12.1 Å². The van der Waals surface area contributed by atoms with Gasteiger partial charge in [-0.3, -0.25) is 19.7 Å². The molecular formula is C26H25F3N4O5. The summed E-state index contributed by atoms with van der Waals surface area (Å²) in [5, 5.41) is 7.93. The Morgan fingerprint density at radius 2 is 1.89 bits per heavy atom. The highest BCUT2D eigenvalue weighted by Gasteiger charge is 2.40. The van der Waals surface area contributed by atoms with Crippen LogP contribution < -0.4 is 16.0 Å². The number of imide groups is 1. The highest BCUT2D eigenvalue weighted by molar-refractivity contribution is 6.05. The Balaban J connectivity index is 1.24. The van der Waals surface area contributed by atoms with Crippen molar-refractivity contribution in [1.29, 1.82) is 0 Å². The van der Waals surface area contributed by atoms with Gasteiger partial charge in [0, 0.05) is 30.8 Å². The summed E-state index contributed by atoms with van der Waals surface area (Å²) >= 11 is 0. The molecule has 2 aromatic rings. The van der Waals surface area contributed by atoms with E-state index in [1.54, 1.807) is 18.2 Å². The molecule has 200 valence electrons. The zero-order valence-electron chi connectivity index (χ0n) is 20.2. The first-order valence-corrected chi connectivity index (χ1v) is 12.1. The first kappa shape index (κ1) is 25.7. The SMILES string of the molecule is O=C1CCC(N2Cc3cc(NC(=O)NC4(Cc5ccc(C(F)(F)F)cc5)CCOC4)ccc3C2=O)C(=O)N1. The molecule has 3 N–H and O–H groups in total. The van der Waals surface area contributed by atoms with Crippen LogP contribution in [0.2, 0.25) is 0 Å². The van der Waals surface area contributed by atoms with Crippen LogP contribution >= 0.6 is 0 Å². The van der Waals surface area contributed by atoms with E-state index < -0.39 is 35.3 Å². The lowest BCUT2D eigenvalue weighted by atomic mass is 9.89. The van der Waals surface area contributed by atoms with Crippen LogP contribution in [-0.4, -0.2) is 53.4 Å². The predicted molar refractivity (Wildman–Crippen MR) is 128 cm³/mol. The average Bonchev–Trinajstić information content (AvgIpc) is 3.43. The summed E-state index contributed by atoms with van der Waals surface area (Å²) in [7, 11) is 0. The second-order valence-electron chi connectivity index (χ2n) is 9.81. The third kappa shape index (κ3) is 5.21. The number of hydrogen-bond donors (Lipinski definition) is 3. The number of halogens is 3. The van der Waals surface area contributed by atoms with Crippen molar-refractivity contribution in [2.24, 2.45) is 0 Å². The summed E-state index contributed by atoms with van der Waals surface area (Å²) in [6.07, 6.45) is -3.24. The van der Waals surface area contributed by atoms with Crippen molar-refractivity contribution in [3.63, 3.8) is 0 Å². The molecule has 38 heavy (non-hydrogen) atoms. The van der Waals surface area contributed by atoms with Crippen LogP contribution in [0.4, 0.5) is 23.7 Å². The lowest BCUT2D eigenvalue weighted by molar-refractivity contribution is -0.138. The summed E-state index contributed by atoms with van der Waals surface area (Å²) in [4.78, 5) is 50.9. The Morgan fingerprint density at radius 1 is 1.13 bits per heavy atom. The van der Waals surface area contributed by atoms with Gasteiger partial charge in [0.15, 0.2) is 0 Å². The summed E-state index contributed by atoms with van der Waals surface area (Å²) in [5.41, 5.74) is 0.593. The van der Waals surface area contributed by atoms with Crippen LogP contribution in [-0.2, 0) is 33.5 Å². The van der Waals surface area contributed by atoms with Crippen molar-refractivity contribution in [1.82, 2.24) is 15.5 Å². The van der Waals surface area contributed by atoms with E-state index in [1.807, 2.05) is 0 Å². The van der Waals surface area contributed by atoms with Crippen LogP contribution in [0, 0.1) is 0 Å². The van der Waals surface area contributed by atoms with Crippen molar-refractivity contribution >= 4 is 29.4 Å². The highest BCUT2D eigenvalue weighted by atomic mass is 19.4. The second kappa shape index (κ2) is 9.75. The van der Waals surface area contributed by atoms with Crippen molar-refractivity contribution < 1.29 is 37.1 Å². The number of amides is 5. The molecule has 0 saturated carbocycles. The van der Waals surface area contributed by atoms with Gasteiger partial charge in [-0.25, -0.2) is 4.79 Å². The van der Waals surface area contributed by atoms with E-state index >= 15 is 0 Å². The second-order valence-corrected chi connectivity index (χ2v) is 9.81. The van der Waals surface area contributed by atoms with Crippen LogP contribution in [0.3, 0.4) is 0 Å². The molecule has 2 saturated heterocycles. The fraction of sp³-hybridized carbons (Fsp3) is 0.385. The number of urea groups is 1. The van der Waals surface area contributed by atoms with Gasteiger partial charge < -0.3 is 20.3 Å². The molecule has 3 heterocycles. The van der Waals surface area contributed by atoms with Gasteiger partial charge in [0.2, 0.25) is 11.8 Å². The molecule has 12 heteroatoms. The predicted octanol–water partition coefficient (Wildman–Crippen LogP) is 2.99. The average molecular weight is 531 g/mol. The van der Waals surface area contributed by atoms with Crippen molar-refractivity contribution in [3.05, 3.63) is 64.7 Å². The van der Waals surface area contributed by atoms with Gasteiger partial charge in [0.25, 0.3) is 5.91 Å². The van der Waals surface area contributed by atoms with E-state index in [2.05, 4.69) is 16.0 Å². The van der Waals surface area contributed by atoms with Crippen LogP contribution in [0.5, 0.6) is 0 Å². The lowest BCUT2D eigenvalue weighted by Gasteiger charge is -2.29. The van der Waals surface area contributed by atoms with Crippen LogP contribution in [0.15, 0.2) is 42.5 Å². The van der Waals surface area contributed by atoms with Gasteiger partial charge in [-0.1, -0.05) is 12.1 Å². The van der Waals surface area contributed by atoms with E-state index in [-0.39, 0.29) is 44.2 Å². The molecule has 9 nitrogen and oxygen atoms in total. The molecule has 0 aromatic heterocycles. The number of piperidine rings is 1. The van der Waals surface area contributed by atoms with Gasteiger partial charge in [0.05, 0.1) is 17.7 Å². The zero-order chi connectivity index (χ0) is 27.1. The fourth-order valence-corrected chi connectivity index (χ4v) is 5.15. The molecule has 2 atom stereocenters. The molecule has 0 radical (unpaired) electrons. The Labute approximate surface area is 215 Å². The minimum absolute atomic E-state index is 0.154. The van der Waals surface area contributed by atoms with Gasteiger partial charge >= 0.3 is 12.2 Å². The number of nitrogens with zero attached hydrogens (tertiary/aromatic N) is 1. The number of carbonyl (C=O) groups excluding carboxylic acids is 4. The summed E-state index contributed by atoms with van der Waals surface area (Å²) in [6.45, 7) is 0.780. The molecule has 0 aliphatic carbocycles. The third-order valence-electron chi connectivity index (χ3n) is 7.09. The molecule has 3 aliphatic heterocycles. The standard InChI is InChI=1S/C26H25F3N4O5/c27-26(28,29)17-3-1-15(2-4-17)12-25(9-10-38-14-25)32-24(37)30-18-5-6-19-16(11-18)13-33(23(19)36)20-7-8-21(34)31-22(20)35/h1-6,11,20H,7-10,12-14H2,(H2,30,32,37)(H,31,34,35). The molecule has 5 amide bonds. The third-order valence-corrected chi connectivity index (χ3v) is 7.09. The van der Waals surface area contributed by atoms with Crippen LogP contribution in [0.1, 0.15) is 46.3 Å². The maximum Gasteiger partial charge on any atom is 0.416 e. The number of ether oxygens (including phenoxy) is 1. The number of anilines is 1. The molecule has 0 spiro atoms. The maximum atomic E-state index is 12.9. The van der Waals surface area contributed by atoms with Gasteiger partial charge in [-0.2, -0.15) is 13.2 Å². The number of alkyl halides is 3. The minimum Gasteiger partial charge on any atom is -0.379 e.